The van der Waals surface area contributed by atoms with Crippen molar-refractivity contribution in [2.75, 3.05) is 24.1 Å². The van der Waals surface area contributed by atoms with Crippen molar-refractivity contribution >= 4 is 72.9 Å². The second-order valence-corrected chi connectivity index (χ2v) is 19.5. The van der Waals surface area contributed by atoms with E-state index in [-0.39, 0.29) is 34.0 Å². The lowest BCUT2D eigenvalue weighted by Gasteiger charge is -2.25. The Morgan fingerprint density at radius 1 is 0.786 bits per heavy atom. The van der Waals surface area contributed by atoms with Crippen molar-refractivity contribution in [2.45, 2.75) is 76.7 Å². The summed E-state index contributed by atoms with van der Waals surface area (Å²) in [6, 6.07) is 0. The largest absolute Gasteiger partial charge is 0.476 e. The van der Waals surface area contributed by atoms with Gasteiger partial charge in [-0.15, -0.1) is 0 Å². The third-order valence-corrected chi connectivity index (χ3v) is 12.1. The Bertz CT molecular complexity index is 2120. The number of halogens is 2. The number of nitrogens with one attached hydrogen (secondary N) is 4. The maximum atomic E-state index is 16.3. The predicted octanol–water partition coefficient (Wildman–Crippen LogP) is 1.28. The molecular weight excluding hydrogens is 832 g/mol. The first-order chi connectivity index (χ1) is 26.3. The molecule has 0 aromatic carbocycles. The Morgan fingerprint density at radius 2 is 1.16 bits per heavy atom. The topological polar surface area (TPSA) is 281 Å². The fraction of sp³-hybridized carbons (Fsp3) is 0.571. The number of carbonyl (C=O) groups excluding carboxylic acids is 2. The average Bonchev–Trinajstić information content (AvgIpc) is 3.87. The molecule has 0 bridgehead atoms. The monoisotopic (exact) mass is 868 g/mol. The van der Waals surface area contributed by atoms with Crippen LogP contribution in [0.2, 0.25) is 0 Å². The van der Waals surface area contributed by atoms with Gasteiger partial charge >= 0.3 is 14.3 Å². The SMILES string of the molecule is CC(C)C(=O)Nn1cnc2c(=O)[nH]c(C3OC4CO[P+](O)(S)OC5C(CO[P+](O)(S)OC4C3F)OC(c3nc4c(ncn4NC(=O)C(C)C)c(=O)[nH]3)C5F)nc21. The summed E-state index contributed by atoms with van der Waals surface area (Å²) < 4.78 is 68.8. The van der Waals surface area contributed by atoms with Crippen LogP contribution in [0.3, 0.4) is 0 Å². The molecule has 3 saturated heterocycles. The third-order valence-electron chi connectivity index (χ3n) is 8.81. The molecule has 0 spiro atoms. The highest BCUT2D eigenvalue weighted by Crippen LogP contribution is 2.67. The Morgan fingerprint density at radius 3 is 1.52 bits per heavy atom. The molecule has 0 saturated carbocycles. The van der Waals surface area contributed by atoms with Crippen molar-refractivity contribution in [2.24, 2.45) is 11.8 Å². The number of amides is 2. The number of aromatic amines is 2. The van der Waals surface area contributed by atoms with Crippen LogP contribution in [-0.2, 0) is 37.2 Å². The standard InChI is InChI=1S/C28H34F2N10O12P2S2/c1-9(2)25(41)37-39-7-31-15-23(39)33-21(35-27(15)43)19-13(29)17-11(49-19)5-47-54(46,56)52-18-12(6-48-53(45,55)51-17)50-20(14(18)30)22-34-24-16(28(44)36-22)32-8-40(24)38-26(42)10(3)4/h7-14,17-20,45-46,55-56H,5-6H2,1-4H3,(H2-2,33,34,35,36,37,38,41,42,43,44)/p+2. The summed E-state index contributed by atoms with van der Waals surface area (Å²) in [5.74, 6) is -2.43. The lowest BCUT2D eigenvalue weighted by molar-refractivity contribution is -0.120. The van der Waals surface area contributed by atoms with Gasteiger partial charge in [-0.1, -0.05) is 27.7 Å². The fourth-order valence-electron chi connectivity index (χ4n) is 5.89. The van der Waals surface area contributed by atoms with Crippen LogP contribution in [0.1, 0.15) is 51.6 Å². The highest BCUT2D eigenvalue weighted by Gasteiger charge is 2.60. The smallest absolute Gasteiger partial charge is 0.358 e. The van der Waals surface area contributed by atoms with Gasteiger partial charge in [0, 0.05) is 11.8 Å². The number of hydrogen-bond acceptors (Lipinski definition) is 18. The number of H-pyrrole nitrogens is 2. The molecule has 2 amide bonds. The van der Waals surface area contributed by atoms with Crippen molar-refractivity contribution < 1.29 is 55.7 Å². The minimum absolute atomic E-state index is 0.129. The molecule has 0 aliphatic carbocycles. The minimum Gasteiger partial charge on any atom is -0.358 e. The van der Waals surface area contributed by atoms with Crippen LogP contribution in [0.5, 0.6) is 0 Å². The van der Waals surface area contributed by atoms with Gasteiger partial charge in [0.25, 0.3) is 11.1 Å². The molecule has 7 rings (SSSR count). The van der Waals surface area contributed by atoms with Crippen molar-refractivity contribution in [1.82, 2.24) is 39.3 Å². The first-order valence-corrected chi connectivity index (χ1v) is 22.3. The van der Waals surface area contributed by atoms with Gasteiger partial charge in [-0.3, -0.25) is 30.0 Å². The predicted molar refractivity (Wildman–Crippen MR) is 198 cm³/mol. The molecule has 10 atom stereocenters. The number of alkyl halides is 2. The van der Waals surface area contributed by atoms with Gasteiger partial charge < -0.3 is 19.4 Å². The van der Waals surface area contributed by atoms with E-state index in [0.717, 1.165) is 22.0 Å². The van der Waals surface area contributed by atoms with Crippen LogP contribution in [0, 0.1) is 11.8 Å². The number of fused-ring (bicyclic) bond motifs is 4. The number of rotatable bonds is 6. The van der Waals surface area contributed by atoms with E-state index in [9.17, 15) is 29.0 Å². The summed E-state index contributed by atoms with van der Waals surface area (Å²) in [6.07, 6.45) is -11.9. The zero-order valence-corrected chi connectivity index (χ0v) is 33.1. The maximum absolute atomic E-state index is 16.3. The van der Waals surface area contributed by atoms with E-state index in [1.807, 2.05) is 0 Å². The van der Waals surface area contributed by atoms with Gasteiger partial charge in [0.15, 0.2) is 46.9 Å². The number of imidazole rings is 2. The molecule has 4 aromatic heterocycles. The summed E-state index contributed by atoms with van der Waals surface area (Å²) in [5.41, 5.74) is 2.87. The summed E-state index contributed by atoms with van der Waals surface area (Å²) in [6.45, 7) is 5.10. The van der Waals surface area contributed by atoms with Crippen molar-refractivity contribution in [3.8, 4) is 0 Å². The number of carbonyl (C=O) groups is 2. The molecule has 6 N–H and O–H groups in total. The molecule has 4 aromatic rings. The highest BCUT2D eigenvalue weighted by molar-refractivity contribution is 8.47. The quantitative estimate of drug-likeness (QED) is 0.100. The van der Waals surface area contributed by atoms with Crippen LogP contribution in [0.25, 0.3) is 22.3 Å². The van der Waals surface area contributed by atoms with E-state index >= 15 is 8.78 Å². The number of aromatic nitrogens is 8. The van der Waals surface area contributed by atoms with Gasteiger partial charge in [-0.25, -0.2) is 38.1 Å². The van der Waals surface area contributed by atoms with Crippen LogP contribution in [0.4, 0.5) is 8.78 Å². The zero-order chi connectivity index (χ0) is 40.4. The molecule has 10 unspecified atom stereocenters. The van der Waals surface area contributed by atoms with Crippen LogP contribution in [-0.4, -0.2) is 111 Å². The Hall–Kier alpha value is -3.26. The van der Waals surface area contributed by atoms with E-state index in [4.69, 9.17) is 27.6 Å². The molecular formula is C28H36F2N10O12P2S2+2. The molecule has 0 radical (unpaired) electrons. The maximum Gasteiger partial charge on any atom is 0.476 e. The van der Waals surface area contributed by atoms with E-state index in [0.29, 0.717) is 0 Å². The average molecular weight is 869 g/mol. The normalized spacial score (nSPS) is 32.6. The molecule has 3 aliphatic rings. The minimum atomic E-state index is -4.33. The number of hydrogen-bond donors (Lipinski definition) is 8. The van der Waals surface area contributed by atoms with E-state index < -0.39 is 111 Å². The van der Waals surface area contributed by atoms with Crippen LogP contribution < -0.4 is 22.0 Å². The van der Waals surface area contributed by atoms with Gasteiger partial charge in [0.2, 0.25) is 11.8 Å². The van der Waals surface area contributed by atoms with E-state index in [2.05, 4.69) is 65.3 Å². The summed E-state index contributed by atoms with van der Waals surface area (Å²) in [5, 5.41) is 0. The number of nitrogens with zero attached hydrogens (tertiary/aromatic N) is 6. The highest BCUT2D eigenvalue weighted by atomic mass is 32.7. The molecule has 7 heterocycles. The molecule has 22 nitrogen and oxygen atoms in total. The molecule has 3 fully saturated rings. The van der Waals surface area contributed by atoms with Gasteiger partial charge in [-0.2, -0.15) is 27.9 Å². The van der Waals surface area contributed by atoms with Gasteiger partial charge in [0.1, 0.15) is 61.9 Å². The fourth-order valence-corrected chi connectivity index (χ4v) is 8.88. The second-order valence-electron chi connectivity index (χ2n) is 13.5. The lowest BCUT2D eigenvalue weighted by atomic mass is 10.1. The Balaban J connectivity index is 1.14. The second kappa shape index (κ2) is 15.5. The van der Waals surface area contributed by atoms with Crippen LogP contribution in [0.15, 0.2) is 22.2 Å². The summed E-state index contributed by atoms with van der Waals surface area (Å²) >= 11 is 8.19. The Labute approximate surface area is 324 Å². The molecule has 304 valence electrons. The first kappa shape index (κ1) is 40.9. The van der Waals surface area contributed by atoms with Crippen LogP contribution >= 0.6 is 38.8 Å². The summed E-state index contributed by atoms with van der Waals surface area (Å²) in [7, 11) is -8.66. The molecule has 56 heavy (non-hydrogen) atoms. The van der Waals surface area contributed by atoms with Gasteiger partial charge in [0.05, 0.1) is 24.5 Å². The summed E-state index contributed by atoms with van der Waals surface area (Å²) in [4.78, 5) is 94.1. The number of thiol groups is 2. The van der Waals surface area contributed by atoms with E-state index in [1.54, 1.807) is 27.7 Å². The lowest BCUT2D eigenvalue weighted by Crippen LogP contribution is -2.37. The van der Waals surface area contributed by atoms with E-state index in [1.165, 1.54) is 0 Å². The van der Waals surface area contributed by atoms with Gasteiger partial charge in [-0.05, 0) is 0 Å². The molecule has 28 heteroatoms. The third kappa shape index (κ3) is 8.07. The first-order valence-electron chi connectivity index (χ1n) is 16.8. The number of ether oxygens (including phenoxy) is 2. The van der Waals surface area contributed by atoms with Crippen molar-refractivity contribution in [1.29, 1.82) is 0 Å². The van der Waals surface area contributed by atoms with Crippen molar-refractivity contribution in [3.05, 3.63) is 45.0 Å². The Kier molecular flexibility index (Phi) is 11.3. The molecule has 3 aliphatic heterocycles. The van der Waals surface area contributed by atoms with Crippen molar-refractivity contribution in [3.63, 3.8) is 0 Å². The zero-order valence-electron chi connectivity index (χ0n) is 29.5.